The van der Waals surface area contributed by atoms with Gasteiger partial charge in [-0.25, -0.2) is 32.9 Å². The van der Waals surface area contributed by atoms with E-state index in [1.54, 1.807) is 44.2 Å². The van der Waals surface area contributed by atoms with Crippen LogP contribution in [0.3, 0.4) is 0 Å². The lowest BCUT2D eigenvalue weighted by Crippen LogP contribution is -2.21. The van der Waals surface area contributed by atoms with Crippen LogP contribution in [0.5, 0.6) is 0 Å². The highest BCUT2D eigenvalue weighted by atomic mass is 32.2. The van der Waals surface area contributed by atoms with Gasteiger partial charge in [-0.3, -0.25) is 4.79 Å². The lowest BCUT2D eigenvalue weighted by Gasteiger charge is -2.10. The molecule has 3 N–H and O–H groups in total. The first-order valence-electron chi connectivity index (χ1n) is 12.1. The second-order valence-corrected chi connectivity index (χ2v) is 10.6. The Morgan fingerprint density at radius 2 is 1.55 bits per heavy atom. The second-order valence-electron chi connectivity index (χ2n) is 8.88. The van der Waals surface area contributed by atoms with E-state index < -0.39 is 28.5 Å². The standard InChI is InChI=1S/C28H24N6O5S/c1-17-15-18(2)30-28(29-17)34-40(37,38)20-13-11-19(12-14-20)31-25(35)16-39-27(36)22-8-4-3-7-21(22)26-32-23-9-5-6-10-24(23)33-26/h3-15H,16H2,1-2H3,(H,31,35)(H,32,33)(H,29,30,34). The van der Waals surface area contributed by atoms with E-state index in [1.807, 2.05) is 24.3 Å². The molecular weight excluding hydrogens is 532 g/mol. The zero-order valence-corrected chi connectivity index (χ0v) is 22.3. The number of carbonyl (C=O) groups is 2. The van der Waals surface area contributed by atoms with Crippen LogP contribution in [0.25, 0.3) is 22.4 Å². The zero-order valence-electron chi connectivity index (χ0n) is 21.5. The average molecular weight is 557 g/mol. The van der Waals surface area contributed by atoms with Gasteiger partial charge in [-0.15, -0.1) is 0 Å². The van der Waals surface area contributed by atoms with Gasteiger partial charge in [0.25, 0.3) is 15.9 Å². The number of fused-ring (bicyclic) bond motifs is 1. The number of carbonyl (C=O) groups excluding carboxylic acids is 2. The third kappa shape index (κ3) is 5.97. The van der Waals surface area contributed by atoms with Crippen LogP contribution in [-0.2, 0) is 19.6 Å². The number of sulfonamides is 1. The highest BCUT2D eigenvalue weighted by Crippen LogP contribution is 2.24. The molecule has 1 amide bonds. The van der Waals surface area contributed by atoms with Crippen molar-refractivity contribution >= 4 is 44.6 Å². The molecule has 2 aromatic heterocycles. The van der Waals surface area contributed by atoms with E-state index in [0.717, 1.165) is 11.0 Å². The quantitative estimate of drug-likeness (QED) is 0.240. The number of esters is 1. The summed E-state index contributed by atoms with van der Waals surface area (Å²) in [7, 11) is -3.94. The van der Waals surface area contributed by atoms with E-state index in [-0.39, 0.29) is 16.4 Å². The van der Waals surface area contributed by atoms with E-state index in [0.29, 0.717) is 28.5 Å². The number of H-pyrrole nitrogens is 1. The molecule has 0 aliphatic carbocycles. The number of amides is 1. The van der Waals surface area contributed by atoms with Crippen LogP contribution >= 0.6 is 0 Å². The van der Waals surface area contributed by atoms with Crippen LogP contribution in [0.1, 0.15) is 21.7 Å². The van der Waals surface area contributed by atoms with Gasteiger partial charge < -0.3 is 15.0 Å². The highest BCUT2D eigenvalue weighted by Gasteiger charge is 2.19. The summed E-state index contributed by atoms with van der Waals surface area (Å²) in [5.41, 5.74) is 3.96. The summed E-state index contributed by atoms with van der Waals surface area (Å²) in [6, 6.07) is 21.5. The van der Waals surface area contributed by atoms with Crippen LogP contribution in [0.2, 0.25) is 0 Å². The maximum absolute atomic E-state index is 12.8. The number of aromatic amines is 1. The number of hydrogen-bond acceptors (Lipinski definition) is 8. The van der Waals surface area contributed by atoms with Gasteiger partial charge in [0.15, 0.2) is 6.61 Å². The summed E-state index contributed by atoms with van der Waals surface area (Å²) in [6.07, 6.45) is 0. The van der Waals surface area contributed by atoms with E-state index in [9.17, 15) is 18.0 Å². The minimum Gasteiger partial charge on any atom is -0.452 e. The third-order valence-electron chi connectivity index (χ3n) is 5.78. The smallest absolute Gasteiger partial charge is 0.339 e. The molecule has 3 aromatic carbocycles. The van der Waals surface area contributed by atoms with Gasteiger partial charge in [-0.2, -0.15) is 0 Å². The Labute approximate surface area is 229 Å². The monoisotopic (exact) mass is 556 g/mol. The van der Waals surface area contributed by atoms with Gasteiger partial charge in [0.05, 0.1) is 21.5 Å². The Balaban J connectivity index is 1.21. The van der Waals surface area contributed by atoms with Crippen molar-refractivity contribution in [2.75, 3.05) is 16.6 Å². The normalized spacial score (nSPS) is 11.2. The molecule has 0 aliphatic heterocycles. The number of imidazole rings is 1. The first-order valence-corrected chi connectivity index (χ1v) is 13.6. The predicted octanol–water partition coefficient (Wildman–Crippen LogP) is 4.23. The second kappa shape index (κ2) is 10.9. The molecule has 0 saturated carbocycles. The van der Waals surface area contributed by atoms with E-state index in [1.165, 1.54) is 24.3 Å². The van der Waals surface area contributed by atoms with Crippen LogP contribution < -0.4 is 10.0 Å². The Bertz CT molecular complexity index is 1780. The largest absolute Gasteiger partial charge is 0.452 e. The number of aromatic nitrogens is 4. The number of rotatable bonds is 8. The lowest BCUT2D eigenvalue weighted by molar-refractivity contribution is -0.119. The molecule has 0 bridgehead atoms. The third-order valence-corrected chi connectivity index (χ3v) is 7.13. The van der Waals surface area contributed by atoms with Crippen molar-refractivity contribution in [1.29, 1.82) is 0 Å². The minimum absolute atomic E-state index is 0.0291. The number of benzene rings is 3. The van der Waals surface area contributed by atoms with Crippen molar-refractivity contribution in [2.45, 2.75) is 18.7 Å². The van der Waals surface area contributed by atoms with Gasteiger partial charge in [-0.1, -0.05) is 30.3 Å². The van der Waals surface area contributed by atoms with Crippen molar-refractivity contribution < 1.29 is 22.7 Å². The Morgan fingerprint density at radius 3 is 2.27 bits per heavy atom. The number of para-hydroxylation sites is 2. The molecule has 40 heavy (non-hydrogen) atoms. The molecule has 202 valence electrons. The molecule has 0 unspecified atom stereocenters. The maximum Gasteiger partial charge on any atom is 0.339 e. The Hall–Kier alpha value is -5.10. The van der Waals surface area contributed by atoms with E-state index >= 15 is 0 Å². The molecule has 0 radical (unpaired) electrons. The molecular formula is C28H24N6O5S. The van der Waals surface area contributed by atoms with E-state index in [2.05, 4.69) is 30.0 Å². The summed E-state index contributed by atoms with van der Waals surface area (Å²) >= 11 is 0. The van der Waals surface area contributed by atoms with Gasteiger partial charge in [0.2, 0.25) is 5.95 Å². The summed E-state index contributed by atoms with van der Waals surface area (Å²) in [5, 5.41) is 2.58. The van der Waals surface area contributed by atoms with Crippen molar-refractivity contribution in [3.05, 3.63) is 95.8 Å². The molecule has 0 atom stereocenters. The summed E-state index contributed by atoms with van der Waals surface area (Å²) in [6.45, 7) is 2.93. The molecule has 12 heteroatoms. The molecule has 0 aliphatic rings. The fraction of sp³-hybridized carbons (Fsp3) is 0.107. The number of nitrogens with zero attached hydrogens (tertiary/aromatic N) is 3. The molecule has 0 fully saturated rings. The molecule has 2 heterocycles. The van der Waals surface area contributed by atoms with Crippen molar-refractivity contribution in [1.82, 2.24) is 19.9 Å². The lowest BCUT2D eigenvalue weighted by atomic mass is 10.1. The number of aryl methyl sites for hydroxylation is 2. The first kappa shape index (κ1) is 26.5. The van der Waals surface area contributed by atoms with Gasteiger partial charge in [0, 0.05) is 22.6 Å². The minimum atomic E-state index is -3.94. The Morgan fingerprint density at radius 1 is 0.875 bits per heavy atom. The molecule has 5 rings (SSSR count). The molecule has 0 saturated heterocycles. The van der Waals surface area contributed by atoms with Gasteiger partial charge >= 0.3 is 5.97 Å². The zero-order chi connectivity index (χ0) is 28.3. The fourth-order valence-electron chi connectivity index (χ4n) is 4.02. The number of hydrogen-bond donors (Lipinski definition) is 3. The van der Waals surface area contributed by atoms with Crippen molar-refractivity contribution in [3.8, 4) is 11.4 Å². The average Bonchev–Trinajstić information content (AvgIpc) is 3.35. The molecule has 0 spiro atoms. The van der Waals surface area contributed by atoms with Crippen molar-refractivity contribution in [2.24, 2.45) is 0 Å². The van der Waals surface area contributed by atoms with E-state index in [4.69, 9.17) is 4.74 Å². The summed E-state index contributed by atoms with van der Waals surface area (Å²) in [5.74, 6) is -0.801. The van der Waals surface area contributed by atoms with Crippen molar-refractivity contribution in [3.63, 3.8) is 0 Å². The van der Waals surface area contributed by atoms with Crippen LogP contribution in [0.4, 0.5) is 11.6 Å². The summed E-state index contributed by atoms with van der Waals surface area (Å²) < 4.78 is 33.0. The fourth-order valence-corrected chi connectivity index (χ4v) is 4.97. The van der Waals surface area contributed by atoms with Crippen LogP contribution in [0.15, 0.2) is 83.8 Å². The first-order chi connectivity index (χ1) is 19.2. The SMILES string of the molecule is Cc1cc(C)nc(NS(=O)(=O)c2ccc(NC(=O)COC(=O)c3ccccc3-c3nc4ccccc4[nH]3)cc2)n1. The Kier molecular flexibility index (Phi) is 7.25. The molecule has 5 aromatic rings. The molecule has 11 nitrogen and oxygen atoms in total. The van der Waals surface area contributed by atoms with Crippen LogP contribution in [-0.4, -0.2) is 46.8 Å². The van der Waals surface area contributed by atoms with Gasteiger partial charge in [-0.05, 0) is 62.4 Å². The maximum atomic E-state index is 12.8. The number of ether oxygens (including phenoxy) is 1. The van der Waals surface area contributed by atoms with Crippen LogP contribution in [0, 0.1) is 13.8 Å². The summed E-state index contributed by atoms with van der Waals surface area (Å²) in [4.78, 5) is 41.1. The topological polar surface area (TPSA) is 156 Å². The number of anilines is 2. The highest BCUT2D eigenvalue weighted by molar-refractivity contribution is 7.92. The number of nitrogens with one attached hydrogen (secondary N) is 3. The predicted molar refractivity (Wildman–Crippen MR) is 149 cm³/mol. The van der Waals surface area contributed by atoms with Gasteiger partial charge in [0.1, 0.15) is 5.82 Å².